The lowest BCUT2D eigenvalue weighted by atomic mass is 9.98. The lowest BCUT2D eigenvalue weighted by molar-refractivity contribution is 0.429. The summed E-state index contributed by atoms with van der Waals surface area (Å²) in [6.07, 6.45) is 6.81. The summed E-state index contributed by atoms with van der Waals surface area (Å²) in [6, 6.07) is 7.27. The Morgan fingerprint density at radius 3 is 2.46 bits per heavy atom. The van der Waals surface area contributed by atoms with Crippen LogP contribution in [0.4, 0.5) is 0 Å². The molecule has 0 bridgehead atoms. The number of rotatable bonds is 5. The van der Waals surface area contributed by atoms with E-state index < -0.39 is 0 Å². The quantitative estimate of drug-likeness (QED) is 0.571. The second-order valence-electron chi connectivity index (χ2n) is 7.84. The van der Waals surface area contributed by atoms with Crippen LogP contribution in [0, 0.1) is 26.7 Å². The molecule has 136 valence electrons. The Hall–Kier alpha value is -2.16. The van der Waals surface area contributed by atoms with Crippen molar-refractivity contribution in [1.29, 1.82) is 0 Å². The summed E-state index contributed by atoms with van der Waals surface area (Å²) >= 11 is 0. The summed E-state index contributed by atoms with van der Waals surface area (Å²) < 4.78 is 2.52. The molecule has 2 heterocycles. The molecule has 0 radical (unpaired) electrons. The molecule has 0 spiro atoms. The van der Waals surface area contributed by atoms with Gasteiger partial charge in [-0.2, -0.15) is 0 Å². The largest absolute Gasteiger partial charge is 0.324 e. The topological polar surface area (TPSA) is 30.7 Å². The summed E-state index contributed by atoms with van der Waals surface area (Å²) in [5.74, 6) is 2.03. The number of nitrogens with zero attached hydrogens (tertiary/aromatic N) is 3. The molecule has 3 heteroatoms. The molecule has 1 aliphatic rings. The number of aryl methyl sites for hydroxylation is 4. The zero-order valence-electron chi connectivity index (χ0n) is 16.6. The van der Waals surface area contributed by atoms with Gasteiger partial charge in [0.25, 0.3) is 0 Å². The number of pyridine rings is 1. The highest BCUT2D eigenvalue weighted by Crippen LogP contribution is 2.44. The maximum atomic E-state index is 5.08. The van der Waals surface area contributed by atoms with Gasteiger partial charge in [0.1, 0.15) is 11.3 Å². The van der Waals surface area contributed by atoms with Gasteiger partial charge in [0.15, 0.2) is 0 Å². The van der Waals surface area contributed by atoms with Crippen molar-refractivity contribution >= 4 is 11.0 Å². The Morgan fingerprint density at radius 1 is 1.08 bits per heavy atom. The molecule has 1 aromatic carbocycles. The molecular formula is C23H29N3. The molecular weight excluding hydrogens is 318 g/mol. The van der Waals surface area contributed by atoms with Crippen LogP contribution in [0.5, 0.6) is 0 Å². The van der Waals surface area contributed by atoms with Crippen LogP contribution in [0.1, 0.15) is 61.7 Å². The summed E-state index contributed by atoms with van der Waals surface area (Å²) in [5, 5.41) is 0. The van der Waals surface area contributed by atoms with Gasteiger partial charge in [-0.3, -0.25) is 4.98 Å². The Kier molecular flexibility index (Phi) is 4.34. The standard InChI is InChI=1S/C23H29N3/c1-6-19(17-8-9-17)26-20-10-11-24-22(23(20)25-21(26)7-2)18-13-15(4)14(3)12-16(18)5/h10-13,17,19H,6-9H2,1-5H3. The van der Waals surface area contributed by atoms with Gasteiger partial charge in [-0.1, -0.05) is 19.9 Å². The van der Waals surface area contributed by atoms with Crippen LogP contribution in [0.15, 0.2) is 24.4 Å². The molecule has 26 heavy (non-hydrogen) atoms. The van der Waals surface area contributed by atoms with Crippen molar-refractivity contribution in [3.05, 3.63) is 46.9 Å². The highest BCUT2D eigenvalue weighted by molar-refractivity contribution is 5.91. The van der Waals surface area contributed by atoms with Gasteiger partial charge < -0.3 is 4.57 Å². The third-order valence-electron chi connectivity index (χ3n) is 6.01. The summed E-state index contributed by atoms with van der Waals surface area (Å²) in [6.45, 7) is 11.1. The highest BCUT2D eigenvalue weighted by atomic mass is 15.1. The van der Waals surface area contributed by atoms with Crippen molar-refractivity contribution in [2.75, 3.05) is 0 Å². The number of aromatic nitrogens is 3. The Morgan fingerprint density at radius 2 is 1.81 bits per heavy atom. The molecule has 1 aliphatic carbocycles. The van der Waals surface area contributed by atoms with Crippen molar-refractivity contribution in [3.8, 4) is 11.3 Å². The number of hydrogen-bond donors (Lipinski definition) is 0. The van der Waals surface area contributed by atoms with E-state index in [1.165, 1.54) is 52.9 Å². The molecule has 0 N–H and O–H groups in total. The van der Waals surface area contributed by atoms with Gasteiger partial charge in [-0.25, -0.2) is 4.98 Å². The fourth-order valence-corrected chi connectivity index (χ4v) is 4.31. The van der Waals surface area contributed by atoms with E-state index in [-0.39, 0.29) is 0 Å². The van der Waals surface area contributed by atoms with Gasteiger partial charge in [0, 0.05) is 24.2 Å². The predicted octanol–water partition coefficient (Wildman–Crippen LogP) is 5.95. The third kappa shape index (κ3) is 2.74. The average molecular weight is 348 g/mol. The minimum Gasteiger partial charge on any atom is -0.324 e. The first-order chi connectivity index (χ1) is 12.5. The second kappa shape index (κ2) is 6.53. The lowest BCUT2D eigenvalue weighted by Gasteiger charge is -2.20. The van der Waals surface area contributed by atoms with E-state index in [1.807, 2.05) is 6.20 Å². The molecule has 3 aromatic rings. The van der Waals surface area contributed by atoms with E-state index in [2.05, 4.69) is 57.4 Å². The smallest absolute Gasteiger partial charge is 0.115 e. The van der Waals surface area contributed by atoms with Crippen molar-refractivity contribution in [2.24, 2.45) is 5.92 Å². The fraction of sp³-hybridized carbons (Fsp3) is 0.478. The molecule has 0 saturated heterocycles. The molecule has 4 rings (SSSR count). The zero-order valence-corrected chi connectivity index (χ0v) is 16.6. The Bertz CT molecular complexity index is 963. The van der Waals surface area contributed by atoms with Crippen molar-refractivity contribution < 1.29 is 0 Å². The first-order valence-electron chi connectivity index (χ1n) is 9.99. The SMILES string of the molecule is CCc1nc2c(-c3cc(C)c(C)cc3C)nccc2n1C(CC)C1CC1. The van der Waals surface area contributed by atoms with Crippen LogP contribution in [-0.2, 0) is 6.42 Å². The predicted molar refractivity (Wildman–Crippen MR) is 109 cm³/mol. The van der Waals surface area contributed by atoms with Crippen LogP contribution in [0.25, 0.3) is 22.3 Å². The average Bonchev–Trinajstić information content (AvgIpc) is 3.39. The molecule has 1 atom stereocenters. The lowest BCUT2D eigenvalue weighted by Crippen LogP contribution is -2.13. The highest BCUT2D eigenvalue weighted by Gasteiger charge is 2.33. The van der Waals surface area contributed by atoms with Gasteiger partial charge in [0.2, 0.25) is 0 Å². The summed E-state index contributed by atoms with van der Waals surface area (Å²) in [7, 11) is 0. The molecule has 2 aromatic heterocycles. The maximum absolute atomic E-state index is 5.08. The van der Waals surface area contributed by atoms with E-state index in [0.29, 0.717) is 6.04 Å². The molecule has 1 fully saturated rings. The van der Waals surface area contributed by atoms with Crippen LogP contribution < -0.4 is 0 Å². The number of benzene rings is 1. The van der Waals surface area contributed by atoms with E-state index in [0.717, 1.165) is 23.5 Å². The van der Waals surface area contributed by atoms with Crippen molar-refractivity contribution in [1.82, 2.24) is 14.5 Å². The van der Waals surface area contributed by atoms with E-state index >= 15 is 0 Å². The molecule has 0 aliphatic heterocycles. The second-order valence-corrected chi connectivity index (χ2v) is 7.84. The number of hydrogen-bond acceptors (Lipinski definition) is 2. The maximum Gasteiger partial charge on any atom is 0.115 e. The van der Waals surface area contributed by atoms with Crippen molar-refractivity contribution in [3.63, 3.8) is 0 Å². The molecule has 1 unspecified atom stereocenters. The zero-order chi connectivity index (χ0) is 18.4. The first kappa shape index (κ1) is 17.3. The van der Waals surface area contributed by atoms with Crippen molar-refractivity contribution in [2.45, 2.75) is 66.3 Å². The van der Waals surface area contributed by atoms with E-state index in [4.69, 9.17) is 9.97 Å². The van der Waals surface area contributed by atoms with Gasteiger partial charge in [-0.15, -0.1) is 0 Å². The van der Waals surface area contributed by atoms with E-state index in [1.54, 1.807) is 0 Å². The van der Waals surface area contributed by atoms with Gasteiger partial charge in [0.05, 0.1) is 11.2 Å². The number of fused-ring (bicyclic) bond motifs is 1. The molecule has 1 saturated carbocycles. The normalized spacial score (nSPS) is 15.6. The van der Waals surface area contributed by atoms with Crippen LogP contribution in [-0.4, -0.2) is 14.5 Å². The summed E-state index contributed by atoms with van der Waals surface area (Å²) in [5.41, 5.74) is 8.47. The summed E-state index contributed by atoms with van der Waals surface area (Å²) in [4.78, 5) is 9.85. The third-order valence-corrected chi connectivity index (χ3v) is 6.01. The minimum absolute atomic E-state index is 0.575. The molecule has 0 amide bonds. The Balaban J connectivity index is 1.96. The first-order valence-corrected chi connectivity index (χ1v) is 9.99. The van der Waals surface area contributed by atoms with Gasteiger partial charge in [-0.05, 0) is 74.8 Å². The monoisotopic (exact) mass is 347 g/mol. The molecule has 3 nitrogen and oxygen atoms in total. The minimum atomic E-state index is 0.575. The number of imidazole rings is 1. The van der Waals surface area contributed by atoms with E-state index in [9.17, 15) is 0 Å². The van der Waals surface area contributed by atoms with Crippen LogP contribution in [0.3, 0.4) is 0 Å². The van der Waals surface area contributed by atoms with Crippen LogP contribution in [0.2, 0.25) is 0 Å². The van der Waals surface area contributed by atoms with Gasteiger partial charge >= 0.3 is 0 Å². The van der Waals surface area contributed by atoms with Crippen LogP contribution >= 0.6 is 0 Å². The Labute approximate surface area is 156 Å². The fourth-order valence-electron chi connectivity index (χ4n) is 4.31.